The first-order valence-electron chi connectivity index (χ1n) is 7.34. The molecular weight excluding hydrogens is 346 g/mol. The normalized spacial score (nSPS) is 15.4. The van der Waals surface area contributed by atoms with Crippen LogP contribution in [0.5, 0.6) is 0 Å². The summed E-state index contributed by atoms with van der Waals surface area (Å²) in [5.74, 6) is -1.57. The van der Waals surface area contributed by atoms with Gasteiger partial charge in [0.25, 0.3) is 5.91 Å². The summed E-state index contributed by atoms with van der Waals surface area (Å²) in [5, 5.41) is 13.8. The highest BCUT2D eigenvalue weighted by Gasteiger charge is 2.23. The van der Waals surface area contributed by atoms with E-state index in [1.165, 1.54) is 6.07 Å². The zero-order chi connectivity index (χ0) is 18.3. The number of carbonyl (C=O) groups excluding carboxylic acids is 2. The summed E-state index contributed by atoms with van der Waals surface area (Å²) in [5.41, 5.74) is 3.34. The van der Waals surface area contributed by atoms with Crippen LogP contribution in [0.25, 0.3) is 11.8 Å². The molecule has 1 saturated heterocycles. The first kappa shape index (κ1) is 16.8. The van der Waals surface area contributed by atoms with Crippen LogP contribution in [0.3, 0.4) is 0 Å². The van der Waals surface area contributed by atoms with Crippen molar-refractivity contribution < 1.29 is 19.5 Å². The Hall–Kier alpha value is -3.06. The molecule has 2 aromatic rings. The van der Waals surface area contributed by atoms with Gasteiger partial charge in [0, 0.05) is 17.1 Å². The summed E-state index contributed by atoms with van der Waals surface area (Å²) in [4.78, 5) is 34.0. The molecule has 1 fully saturated rings. The van der Waals surface area contributed by atoms with Crippen molar-refractivity contribution in [2.45, 2.75) is 13.8 Å². The number of hydrogen-bond acceptors (Lipinski definition) is 3. The Bertz CT molecular complexity index is 959. The summed E-state index contributed by atoms with van der Waals surface area (Å²) in [7, 11) is 0. The van der Waals surface area contributed by atoms with Crippen LogP contribution in [0.4, 0.5) is 4.79 Å². The topological polar surface area (TPSA) is 100 Å². The first-order valence-corrected chi connectivity index (χ1v) is 7.72. The van der Waals surface area contributed by atoms with E-state index in [9.17, 15) is 14.4 Å². The summed E-state index contributed by atoms with van der Waals surface area (Å²) >= 11 is 6.05. The minimum Gasteiger partial charge on any atom is -0.478 e. The summed E-state index contributed by atoms with van der Waals surface area (Å²) in [6, 6.07) is 5.99. The fourth-order valence-electron chi connectivity index (χ4n) is 2.79. The lowest BCUT2D eigenvalue weighted by Gasteiger charge is -2.11. The van der Waals surface area contributed by atoms with Crippen LogP contribution in [0, 0.1) is 13.8 Å². The molecule has 0 atom stereocenters. The maximum atomic E-state index is 11.7. The second-order valence-electron chi connectivity index (χ2n) is 5.60. The number of amides is 3. The number of aryl methyl sites for hydroxylation is 1. The van der Waals surface area contributed by atoms with E-state index in [0.717, 1.165) is 17.0 Å². The number of carboxylic acids is 1. The summed E-state index contributed by atoms with van der Waals surface area (Å²) in [6.07, 6.45) is 1.59. The van der Waals surface area contributed by atoms with Gasteiger partial charge in [0.1, 0.15) is 5.70 Å². The average Bonchev–Trinajstić information content (AvgIpc) is 2.98. The summed E-state index contributed by atoms with van der Waals surface area (Å²) < 4.78 is 1.89. The number of carbonyl (C=O) groups is 3. The van der Waals surface area contributed by atoms with E-state index in [0.29, 0.717) is 5.69 Å². The Balaban J connectivity index is 2.05. The SMILES string of the molecule is Cc1cc(/C=C2/NC(=O)NC2=O)c(C)n1-c1ccc(C(=O)O)c(Cl)c1. The van der Waals surface area contributed by atoms with E-state index in [2.05, 4.69) is 10.6 Å². The van der Waals surface area contributed by atoms with E-state index in [1.807, 2.05) is 24.5 Å². The molecule has 2 heterocycles. The van der Waals surface area contributed by atoms with Gasteiger partial charge in [0.15, 0.2) is 0 Å². The maximum Gasteiger partial charge on any atom is 0.337 e. The molecule has 0 unspecified atom stereocenters. The Morgan fingerprint density at radius 1 is 1.20 bits per heavy atom. The average molecular weight is 360 g/mol. The van der Waals surface area contributed by atoms with Crippen molar-refractivity contribution in [3.8, 4) is 5.69 Å². The Morgan fingerprint density at radius 2 is 1.92 bits per heavy atom. The molecule has 7 nitrogen and oxygen atoms in total. The minimum absolute atomic E-state index is 0.0283. The number of nitrogens with one attached hydrogen (secondary N) is 2. The van der Waals surface area contributed by atoms with Crippen LogP contribution >= 0.6 is 11.6 Å². The molecule has 0 saturated carbocycles. The molecule has 3 amide bonds. The van der Waals surface area contributed by atoms with Gasteiger partial charge >= 0.3 is 12.0 Å². The number of urea groups is 1. The number of aromatic carboxylic acids is 1. The molecule has 0 aliphatic carbocycles. The molecule has 1 aliphatic heterocycles. The monoisotopic (exact) mass is 359 g/mol. The van der Waals surface area contributed by atoms with Crippen LogP contribution in [0.15, 0.2) is 30.0 Å². The van der Waals surface area contributed by atoms with Gasteiger partial charge in [-0.15, -0.1) is 0 Å². The maximum absolute atomic E-state index is 11.7. The number of benzene rings is 1. The van der Waals surface area contributed by atoms with Gasteiger partial charge in [-0.2, -0.15) is 0 Å². The van der Waals surface area contributed by atoms with E-state index >= 15 is 0 Å². The molecule has 1 aliphatic rings. The zero-order valence-electron chi connectivity index (χ0n) is 13.4. The van der Waals surface area contributed by atoms with Gasteiger partial charge in [0.05, 0.1) is 10.6 Å². The molecular formula is C17H14ClN3O4. The van der Waals surface area contributed by atoms with Gasteiger partial charge in [-0.3, -0.25) is 10.1 Å². The smallest absolute Gasteiger partial charge is 0.337 e. The molecule has 128 valence electrons. The molecule has 1 aromatic carbocycles. The van der Waals surface area contributed by atoms with Gasteiger partial charge < -0.3 is 15.0 Å². The Kier molecular flexibility index (Phi) is 4.10. The van der Waals surface area contributed by atoms with Crippen LogP contribution in [-0.4, -0.2) is 27.6 Å². The lowest BCUT2D eigenvalue weighted by atomic mass is 10.2. The Labute approximate surface area is 147 Å². The number of rotatable bonds is 3. The number of halogens is 1. The highest BCUT2D eigenvalue weighted by atomic mass is 35.5. The molecule has 8 heteroatoms. The van der Waals surface area contributed by atoms with E-state index in [-0.39, 0.29) is 16.3 Å². The minimum atomic E-state index is -1.09. The van der Waals surface area contributed by atoms with Crippen molar-refractivity contribution in [3.05, 3.63) is 57.5 Å². The third-order valence-corrected chi connectivity index (χ3v) is 4.24. The van der Waals surface area contributed by atoms with Crippen molar-refractivity contribution in [1.82, 2.24) is 15.2 Å². The molecule has 3 rings (SSSR count). The largest absolute Gasteiger partial charge is 0.478 e. The predicted molar refractivity (Wildman–Crippen MR) is 91.9 cm³/mol. The number of imide groups is 1. The molecule has 3 N–H and O–H groups in total. The third-order valence-electron chi connectivity index (χ3n) is 3.93. The standard InChI is InChI=1S/C17H14ClN3O4/c1-8-5-10(6-14-15(22)20-17(25)19-14)9(2)21(8)11-3-4-12(16(23)24)13(18)7-11/h3-7H,1-2H3,(H,23,24)(H2,19,20,22,25)/b14-6+. The summed E-state index contributed by atoms with van der Waals surface area (Å²) in [6.45, 7) is 3.73. The van der Waals surface area contributed by atoms with Crippen LogP contribution in [0.1, 0.15) is 27.3 Å². The van der Waals surface area contributed by atoms with Crippen molar-refractivity contribution in [1.29, 1.82) is 0 Å². The predicted octanol–water partition coefficient (Wildman–Crippen LogP) is 2.63. The van der Waals surface area contributed by atoms with E-state index in [1.54, 1.807) is 18.2 Å². The third kappa shape index (κ3) is 3.01. The van der Waals surface area contributed by atoms with Gasteiger partial charge in [-0.05, 0) is 49.8 Å². The first-order chi connectivity index (χ1) is 11.8. The van der Waals surface area contributed by atoms with Gasteiger partial charge in [-0.25, -0.2) is 9.59 Å². The van der Waals surface area contributed by atoms with Crippen LogP contribution in [0.2, 0.25) is 5.02 Å². The number of hydrogen-bond donors (Lipinski definition) is 3. The number of nitrogens with zero attached hydrogens (tertiary/aromatic N) is 1. The highest BCUT2D eigenvalue weighted by Crippen LogP contribution is 2.26. The lowest BCUT2D eigenvalue weighted by molar-refractivity contribution is -0.115. The number of aromatic nitrogens is 1. The molecule has 0 spiro atoms. The van der Waals surface area contributed by atoms with Crippen LogP contribution in [-0.2, 0) is 4.79 Å². The second kappa shape index (κ2) is 6.10. The van der Waals surface area contributed by atoms with Gasteiger partial charge in [-0.1, -0.05) is 11.6 Å². The molecule has 1 aromatic heterocycles. The zero-order valence-corrected chi connectivity index (χ0v) is 14.1. The lowest BCUT2D eigenvalue weighted by Crippen LogP contribution is -2.22. The van der Waals surface area contributed by atoms with Crippen LogP contribution < -0.4 is 10.6 Å². The number of carboxylic acid groups (broad SMARTS) is 1. The molecule has 25 heavy (non-hydrogen) atoms. The fourth-order valence-corrected chi connectivity index (χ4v) is 3.04. The van der Waals surface area contributed by atoms with E-state index in [4.69, 9.17) is 16.7 Å². The highest BCUT2D eigenvalue weighted by molar-refractivity contribution is 6.33. The van der Waals surface area contributed by atoms with Crippen molar-refractivity contribution in [3.63, 3.8) is 0 Å². The van der Waals surface area contributed by atoms with Crippen molar-refractivity contribution in [2.75, 3.05) is 0 Å². The van der Waals surface area contributed by atoms with Gasteiger partial charge in [0.2, 0.25) is 0 Å². The quantitative estimate of drug-likeness (QED) is 0.579. The fraction of sp³-hybridized carbons (Fsp3) is 0.118. The van der Waals surface area contributed by atoms with E-state index < -0.39 is 17.9 Å². The Morgan fingerprint density at radius 3 is 2.48 bits per heavy atom. The van der Waals surface area contributed by atoms with Crippen molar-refractivity contribution >= 4 is 35.6 Å². The molecule has 0 bridgehead atoms. The molecule has 0 radical (unpaired) electrons. The van der Waals surface area contributed by atoms with Crippen molar-refractivity contribution in [2.24, 2.45) is 0 Å². The second-order valence-corrected chi connectivity index (χ2v) is 6.00.